The van der Waals surface area contributed by atoms with Gasteiger partial charge in [0.15, 0.2) is 0 Å². The highest BCUT2D eigenvalue weighted by molar-refractivity contribution is 5.20. The Morgan fingerprint density at radius 3 is 2.69 bits per heavy atom. The first kappa shape index (κ1) is 10.8. The number of rotatable bonds is 4. The van der Waals surface area contributed by atoms with Crippen LogP contribution in [0.25, 0.3) is 0 Å². The molecule has 0 bridgehead atoms. The molecule has 1 unspecified atom stereocenters. The summed E-state index contributed by atoms with van der Waals surface area (Å²) >= 11 is 0. The second kappa shape index (κ2) is 4.90. The predicted octanol–water partition coefficient (Wildman–Crippen LogP) is 2.05. The predicted molar refractivity (Wildman–Crippen MR) is 60.5 cm³/mol. The van der Waals surface area contributed by atoms with E-state index in [0.29, 0.717) is 0 Å². The van der Waals surface area contributed by atoms with Gasteiger partial charge in [0.05, 0.1) is 0 Å². The topological polar surface area (TPSA) is 40.7 Å². The van der Waals surface area contributed by atoms with E-state index < -0.39 is 0 Å². The van der Waals surface area contributed by atoms with Crippen LogP contribution in [0.1, 0.15) is 17.4 Å². The minimum absolute atomic E-state index is 0.145. The van der Waals surface area contributed by atoms with Crippen LogP contribution in [0.15, 0.2) is 36.7 Å². The summed E-state index contributed by atoms with van der Waals surface area (Å²) < 4.78 is 12.8. The smallest absolute Gasteiger partial charge is 0.123 e. The molecule has 0 aliphatic heterocycles. The Balaban J connectivity index is 2.13. The number of aromatic nitrogens is 2. The average molecular weight is 219 g/mol. The van der Waals surface area contributed by atoms with Crippen molar-refractivity contribution in [2.45, 2.75) is 12.5 Å². The number of imidazole rings is 1. The van der Waals surface area contributed by atoms with E-state index in [4.69, 9.17) is 0 Å². The second-order valence-corrected chi connectivity index (χ2v) is 3.63. The molecule has 0 aliphatic carbocycles. The second-order valence-electron chi connectivity index (χ2n) is 3.63. The third kappa shape index (κ3) is 2.46. The molecule has 3 nitrogen and oxygen atoms in total. The largest absolute Gasteiger partial charge is 0.349 e. The Morgan fingerprint density at radius 1 is 1.38 bits per heavy atom. The molecule has 4 heteroatoms. The molecule has 1 atom stereocenters. The molecule has 0 saturated carbocycles. The van der Waals surface area contributed by atoms with Gasteiger partial charge >= 0.3 is 0 Å². The van der Waals surface area contributed by atoms with Gasteiger partial charge in [-0.1, -0.05) is 12.1 Å². The lowest BCUT2D eigenvalue weighted by Gasteiger charge is -2.15. The van der Waals surface area contributed by atoms with E-state index in [2.05, 4.69) is 15.3 Å². The maximum Gasteiger partial charge on any atom is 0.123 e. The van der Waals surface area contributed by atoms with Crippen LogP contribution in [0.3, 0.4) is 0 Å². The standard InChI is InChI=1S/C12H14FN3/c1-14-11(8-12-15-6-7-16-12)9-2-4-10(13)5-3-9/h2-7,11,14H,8H2,1H3,(H,15,16). The van der Waals surface area contributed by atoms with Gasteiger partial charge in [-0.2, -0.15) is 0 Å². The number of aromatic amines is 1. The summed E-state index contributed by atoms with van der Waals surface area (Å²) in [5.41, 5.74) is 1.06. The first-order valence-electron chi connectivity index (χ1n) is 5.20. The molecular weight excluding hydrogens is 205 g/mol. The summed E-state index contributed by atoms with van der Waals surface area (Å²) in [4.78, 5) is 7.24. The molecule has 1 aromatic heterocycles. The van der Waals surface area contributed by atoms with E-state index >= 15 is 0 Å². The Labute approximate surface area is 93.7 Å². The molecule has 0 radical (unpaired) electrons. The number of likely N-dealkylation sites (N-methyl/N-ethyl adjacent to an activating group) is 1. The van der Waals surface area contributed by atoms with E-state index in [1.165, 1.54) is 12.1 Å². The summed E-state index contributed by atoms with van der Waals surface area (Å²) in [6.07, 6.45) is 4.29. The summed E-state index contributed by atoms with van der Waals surface area (Å²) in [5.74, 6) is 0.709. The summed E-state index contributed by atoms with van der Waals surface area (Å²) in [6.45, 7) is 0. The molecule has 0 fully saturated rings. The lowest BCUT2D eigenvalue weighted by Crippen LogP contribution is -2.19. The normalized spacial score (nSPS) is 12.6. The highest BCUT2D eigenvalue weighted by Crippen LogP contribution is 2.16. The Hall–Kier alpha value is -1.68. The third-order valence-corrected chi connectivity index (χ3v) is 2.57. The SMILES string of the molecule is CNC(Cc1ncc[nH]1)c1ccc(F)cc1. The molecule has 16 heavy (non-hydrogen) atoms. The van der Waals surface area contributed by atoms with Crippen molar-refractivity contribution in [2.75, 3.05) is 7.05 Å². The summed E-state index contributed by atoms with van der Waals surface area (Å²) in [6, 6.07) is 6.68. The van der Waals surface area contributed by atoms with Crippen molar-refractivity contribution in [3.8, 4) is 0 Å². The molecular formula is C12H14FN3. The van der Waals surface area contributed by atoms with Gasteiger partial charge in [-0.15, -0.1) is 0 Å². The fraction of sp³-hybridized carbons (Fsp3) is 0.250. The van der Waals surface area contributed by atoms with Crippen molar-refractivity contribution in [1.82, 2.24) is 15.3 Å². The highest BCUT2D eigenvalue weighted by Gasteiger charge is 2.11. The molecule has 1 heterocycles. The Bertz CT molecular complexity index is 422. The van der Waals surface area contributed by atoms with E-state index in [1.54, 1.807) is 24.5 Å². The van der Waals surface area contributed by atoms with Gasteiger partial charge in [-0.25, -0.2) is 9.37 Å². The molecule has 2 aromatic rings. The van der Waals surface area contributed by atoms with Crippen LogP contribution >= 0.6 is 0 Å². The number of nitrogens with zero attached hydrogens (tertiary/aromatic N) is 1. The molecule has 2 rings (SSSR count). The number of halogens is 1. The van der Waals surface area contributed by atoms with Gasteiger partial charge in [-0.3, -0.25) is 0 Å². The molecule has 84 valence electrons. The highest BCUT2D eigenvalue weighted by atomic mass is 19.1. The van der Waals surface area contributed by atoms with Gasteiger partial charge in [0.1, 0.15) is 11.6 Å². The van der Waals surface area contributed by atoms with Crippen molar-refractivity contribution in [3.05, 3.63) is 53.9 Å². The van der Waals surface area contributed by atoms with Crippen molar-refractivity contribution in [2.24, 2.45) is 0 Å². The van der Waals surface area contributed by atoms with E-state index in [9.17, 15) is 4.39 Å². The Morgan fingerprint density at radius 2 is 2.12 bits per heavy atom. The zero-order valence-electron chi connectivity index (χ0n) is 9.07. The molecule has 0 saturated heterocycles. The zero-order valence-corrected chi connectivity index (χ0v) is 9.07. The van der Waals surface area contributed by atoms with Crippen LogP contribution in [0.5, 0.6) is 0 Å². The van der Waals surface area contributed by atoms with Crippen molar-refractivity contribution < 1.29 is 4.39 Å². The van der Waals surface area contributed by atoms with Gasteiger partial charge < -0.3 is 10.3 Å². The fourth-order valence-corrected chi connectivity index (χ4v) is 1.68. The van der Waals surface area contributed by atoms with Gasteiger partial charge in [0.2, 0.25) is 0 Å². The lowest BCUT2D eigenvalue weighted by molar-refractivity contribution is 0.573. The van der Waals surface area contributed by atoms with Crippen molar-refractivity contribution in [3.63, 3.8) is 0 Å². The summed E-state index contributed by atoms with van der Waals surface area (Å²) in [7, 11) is 1.89. The van der Waals surface area contributed by atoms with Crippen LogP contribution in [0.2, 0.25) is 0 Å². The molecule has 1 aromatic carbocycles. The number of hydrogen-bond donors (Lipinski definition) is 2. The van der Waals surface area contributed by atoms with E-state index in [0.717, 1.165) is 17.8 Å². The van der Waals surface area contributed by atoms with Crippen molar-refractivity contribution in [1.29, 1.82) is 0 Å². The Kier molecular flexibility index (Phi) is 3.31. The van der Waals surface area contributed by atoms with Crippen LogP contribution in [0, 0.1) is 5.82 Å². The third-order valence-electron chi connectivity index (χ3n) is 2.57. The minimum Gasteiger partial charge on any atom is -0.349 e. The summed E-state index contributed by atoms with van der Waals surface area (Å²) in [5, 5.41) is 3.19. The van der Waals surface area contributed by atoms with E-state index in [-0.39, 0.29) is 11.9 Å². The van der Waals surface area contributed by atoms with Crippen LogP contribution in [0.4, 0.5) is 4.39 Å². The first-order valence-corrected chi connectivity index (χ1v) is 5.20. The average Bonchev–Trinajstić information content (AvgIpc) is 2.80. The number of benzene rings is 1. The van der Waals surface area contributed by atoms with Gasteiger partial charge in [0.25, 0.3) is 0 Å². The van der Waals surface area contributed by atoms with E-state index in [1.807, 2.05) is 7.05 Å². The maximum atomic E-state index is 12.8. The van der Waals surface area contributed by atoms with Gasteiger partial charge in [0, 0.05) is 24.9 Å². The van der Waals surface area contributed by atoms with Gasteiger partial charge in [-0.05, 0) is 24.7 Å². The number of nitrogens with one attached hydrogen (secondary N) is 2. The zero-order chi connectivity index (χ0) is 11.4. The monoisotopic (exact) mass is 219 g/mol. The fourth-order valence-electron chi connectivity index (χ4n) is 1.68. The number of hydrogen-bond acceptors (Lipinski definition) is 2. The lowest BCUT2D eigenvalue weighted by atomic mass is 10.0. The first-order chi connectivity index (χ1) is 7.79. The minimum atomic E-state index is -0.211. The molecule has 0 amide bonds. The molecule has 2 N–H and O–H groups in total. The van der Waals surface area contributed by atoms with Crippen LogP contribution in [-0.2, 0) is 6.42 Å². The van der Waals surface area contributed by atoms with Crippen LogP contribution in [-0.4, -0.2) is 17.0 Å². The maximum absolute atomic E-state index is 12.8. The van der Waals surface area contributed by atoms with Crippen LogP contribution < -0.4 is 5.32 Å². The molecule has 0 aliphatic rings. The quantitative estimate of drug-likeness (QED) is 0.826. The molecule has 0 spiro atoms. The van der Waals surface area contributed by atoms with Crippen molar-refractivity contribution >= 4 is 0 Å². The number of H-pyrrole nitrogens is 1.